The molecule has 0 saturated heterocycles. The molecule has 0 aliphatic carbocycles. The standard InChI is InChI=1S/C16H28O11S/c17-4-1-5-23-10-16(11-24-6-2-14(18)19,12-25-7-3-15(20)21)13-26-8-9-28-27-22/h4,22H,1-3,5-13H2,(H,18,19)(H,20,21). The average Bonchev–Trinajstić information content (AvgIpc) is 2.65. The molecule has 0 atom stereocenters. The van der Waals surface area contributed by atoms with Crippen LogP contribution in [-0.2, 0) is 37.7 Å². The third kappa shape index (κ3) is 15.7. The lowest BCUT2D eigenvalue weighted by Crippen LogP contribution is -2.42. The van der Waals surface area contributed by atoms with Gasteiger partial charge in [0.1, 0.15) is 6.29 Å². The molecule has 0 aliphatic rings. The maximum Gasteiger partial charge on any atom is 0.305 e. The SMILES string of the molecule is O=CCCOCC(COCCSOO)(COCCC(=O)O)COCCC(=O)O. The first-order valence-corrected chi connectivity index (χ1v) is 9.48. The minimum Gasteiger partial charge on any atom is -0.481 e. The van der Waals surface area contributed by atoms with E-state index in [1.54, 1.807) is 0 Å². The molecule has 0 aliphatic heterocycles. The highest BCUT2D eigenvalue weighted by Gasteiger charge is 2.32. The van der Waals surface area contributed by atoms with E-state index in [1.807, 2.05) is 0 Å². The van der Waals surface area contributed by atoms with Crippen LogP contribution in [0.3, 0.4) is 0 Å². The van der Waals surface area contributed by atoms with Gasteiger partial charge in [-0.1, -0.05) is 0 Å². The molecule has 12 heteroatoms. The number of carboxylic acids is 2. The Morgan fingerprint density at radius 3 is 1.71 bits per heavy atom. The molecule has 0 saturated carbocycles. The number of carbonyl (C=O) groups is 3. The number of rotatable bonds is 21. The maximum absolute atomic E-state index is 10.6. The minimum atomic E-state index is -0.997. The Bertz CT molecular complexity index is 411. The molecule has 0 unspecified atom stereocenters. The molecular formula is C16H28O11S. The summed E-state index contributed by atoms with van der Waals surface area (Å²) in [4.78, 5) is 31.7. The molecule has 164 valence electrons. The normalized spacial score (nSPS) is 11.5. The van der Waals surface area contributed by atoms with Crippen LogP contribution < -0.4 is 0 Å². The Morgan fingerprint density at radius 1 is 0.821 bits per heavy atom. The van der Waals surface area contributed by atoms with Crippen molar-refractivity contribution in [1.29, 1.82) is 0 Å². The van der Waals surface area contributed by atoms with E-state index in [0.717, 1.165) is 18.3 Å². The summed E-state index contributed by atoms with van der Waals surface area (Å²) in [5.41, 5.74) is -0.829. The molecule has 11 nitrogen and oxygen atoms in total. The average molecular weight is 428 g/mol. The van der Waals surface area contributed by atoms with Gasteiger partial charge in [-0.05, 0) is 0 Å². The van der Waals surface area contributed by atoms with Crippen LogP contribution in [0.2, 0.25) is 0 Å². The zero-order chi connectivity index (χ0) is 21.1. The Kier molecular flexibility index (Phi) is 17.0. The lowest BCUT2D eigenvalue weighted by atomic mass is 9.92. The van der Waals surface area contributed by atoms with Crippen molar-refractivity contribution in [2.24, 2.45) is 5.41 Å². The highest BCUT2D eigenvalue weighted by Crippen LogP contribution is 2.21. The van der Waals surface area contributed by atoms with Gasteiger partial charge >= 0.3 is 11.9 Å². The van der Waals surface area contributed by atoms with Crippen molar-refractivity contribution >= 4 is 30.3 Å². The molecular weight excluding hydrogens is 400 g/mol. The first kappa shape index (κ1) is 26.7. The highest BCUT2D eigenvalue weighted by atomic mass is 32.2. The van der Waals surface area contributed by atoms with Crippen molar-refractivity contribution in [3.05, 3.63) is 0 Å². The van der Waals surface area contributed by atoms with Gasteiger partial charge in [0.05, 0.1) is 71.1 Å². The summed E-state index contributed by atoms with van der Waals surface area (Å²) in [7, 11) is 0. The number of hydrogen-bond acceptors (Lipinski definition) is 10. The largest absolute Gasteiger partial charge is 0.481 e. The second kappa shape index (κ2) is 17.8. The fourth-order valence-electron chi connectivity index (χ4n) is 1.99. The van der Waals surface area contributed by atoms with Gasteiger partial charge in [-0.2, -0.15) is 4.33 Å². The van der Waals surface area contributed by atoms with Gasteiger partial charge in [0.2, 0.25) is 0 Å². The Labute approximate surface area is 167 Å². The minimum absolute atomic E-state index is 0.0191. The molecule has 0 radical (unpaired) electrons. The van der Waals surface area contributed by atoms with Gasteiger partial charge in [0.15, 0.2) is 0 Å². The predicted molar refractivity (Wildman–Crippen MR) is 97.1 cm³/mol. The Morgan fingerprint density at radius 2 is 1.29 bits per heavy atom. The van der Waals surface area contributed by atoms with Crippen molar-refractivity contribution in [3.8, 4) is 0 Å². The zero-order valence-electron chi connectivity index (χ0n) is 15.6. The van der Waals surface area contributed by atoms with Crippen LogP contribution in [-0.4, -0.2) is 92.3 Å². The summed E-state index contributed by atoms with van der Waals surface area (Å²) in [5.74, 6) is -1.64. The first-order chi connectivity index (χ1) is 13.5. The Balaban J connectivity index is 4.81. The second-order valence-corrected chi connectivity index (χ2v) is 6.64. The molecule has 0 aromatic carbocycles. The third-order valence-corrected chi connectivity index (χ3v) is 3.74. The van der Waals surface area contributed by atoms with Gasteiger partial charge in [0.25, 0.3) is 0 Å². The first-order valence-electron chi connectivity index (χ1n) is 8.57. The summed E-state index contributed by atoms with van der Waals surface area (Å²) in [6.07, 6.45) is 0.582. The molecule has 3 N–H and O–H groups in total. The van der Waals surface area contributed by atoms with Crippen LogP contribution in [0.25, 0.3) is 0 Å². The Hall–Kier alpha value is -1.28. The van der Waals surface area contributed by atoms with Crippen LogP contribution in [0.15, 0.2) is 0 Å². The van der Waals surface area contributed by atoms with Gasteiger partial charge in [-0.3, -0.25) is 9.59 Å². The second-order valence-electron chi connectivity index (χ2n) is 5.85. The lowest BCUT2D eigenvalue weighted by Gasteiger charge is -2.33. The number of aliphatic carboxylic acids is 2. The number of ether oxygens (including phenoxy) is 4. The molecule has 0 heterocycles. The van der Waals surface area contributed by atoms with Gasteiger partial charge < -0.3 is 34.0 Å². The van der Waals surface area contributed by atoms with Crippen LogP contribution in [0, 0.1) is 5.41 Å². The molecule has 0 bridgehead atoms. The predicted octanol–water partition coefficient (Wildman–Crippen LogP) is 0.715. The molecule has 0 amide bonds. The van der Waals surface area contributed by atoms with Crippen molar-refractivity contribution in [2.75, 3.05) is 58.6 Å². The third-order valence-electron chi connectivity index (χ3n) is 3.30. The molecule has 28 heavy (non-hydrogen) atoms. The van der Waals surface area contributed by atoms with E-state index < -0.39 is 17.4 Å². The van der Waals surface area contributed by atoms with Crippen LogP contribution >= 0.6 is 12.0 Å². The fraction of sp³-hybridized carbons (Fsp3) is 0.812. The molecule has 0 fully saturated rings. The van der Waals surface area contributed by atoms with Crippen molar-refractivity contribution in [1.82, 2.24) is 0 Å². The molecule has 0 rings (SSSR count). The summed E-state index contributed by atoms with van der Waals surface area (Å²) in [6, 6.07) is 0. The maximum atomic E-state index is 10.6. The summed E-state index contributed by atoms with van der Waals surface area (Å²) in [5, 5.41) is 25.7. The van der Waals surface area contributed by atoms with E-state index >= 15 is 0 Å². The summed E-state index contributed by atoms with van der Waals surface area (Å²) < 4.78 is 25.8. The monoisotopic (exact) mass is 428 g/mol. The molecule has 0 aromatic heterocycles. The van der Waals surface area contributed by atoms with Crippen LogP contribution in [0.4, 0.5) is 0 Å². The van der Waals surface area contributed by atoms with E-state index in [9.17, 15) is 14.4 Å². The zero-order valence-corrected chi connectivity index (χ0v) is 16.4. The van der Waals surface area contributed by atoms with Crippen LogP contribution in [0.1, 0.15) is 19.3 Å². The number of hydrogen-bond donors (Lipinski definition) is 3. The quantitative estimate of drug-likeness (QED) is 0.0774. The van der Waals surface area contributed by atoms with E-state index in [2.05, 4.69) is 4.33 Å². The molecule has 0 aromatic rings. The van der Waals surface area contributed by atoms with E-state index in [-0.39, 0.29) is 72.1 Å². The van der Waals surface area contributed by atoms with Gasteiger partial charge in [-0.15, -0.1) is 0 Å². The number of carboxylic acid groups (broad SMARTS) is 2. The number of aldehydes is 1. The smallest absolute Gasteiger partial charge is 0.305 e. The fourth-order valence-corrected chi connectivity index (χ4v) is 2.25. The summed E-state index contributed by atoms with van der Waals surface area (Å²) in [6.45, 7) is 0.708. The number of carbonyl (C=O) groups excluding carboxylic acids is 1. The van der Waals surface area contributed by atoms with E-state index in [4.69, 9.17) is 34.4 Å². The van der Waals surface area contributed by atoms with E-state index in [0.29, 0.717) is 5.75 Å². The summed E-state index contributed by atoms with van der Waals surface area (Å²) >= 11 is 0.800. The van der Waals surface area contributed by atoms with Gasteiger partial charge in [-0.25, -0.2) is 5.26 Å². The lowest BCUT2D eigenvalue weighted by molar-refractivity contribution is -0.140. The molecule has 0 spiro atoms. The highest BCUT2D eigenvalue weighted by molar-refractivity contribution is 7.94. The van der Waals surface area contributed by atoms with Gasteiger partial charge in [0, 0.05) is 24.2 Å². The van der Waals surface area contributed by atoms with Crippen molar-refractivity contribution in [3.63, 3.8) is 0 Å². The van der Waals surface area contributed by atoms with Crippen LogP contribution in [0.5, 0.6) is 0 Å². The van der Waals surface area contributed by atoms with E-state index in [1.165, 1.54) is 0 Å². The van der Waals surface area contributed by atoms with Crippen molar-refractivity contribution < 1.29 is 53.1 Å². The van der Waals surface area contributed by atoms with Crippen molar-refractivity contribution in [2.45, 2.75) is 19.3 Å². The topological polar surface area (TPSA) is 158 Å².